The molecule has 19 heavy (non-hydrogen) atoms. The summed E-state index contributed by atoms with van der Waals surface area (Å²) in [6, 6.07) is 4.61. The number of methoxy groups -OCH3 is 1. The van der Waals surface area contributed by atoms with Gasteiger partial charge >= 0.3 is 0 Å². The zero-order valence-electron chi connectivity index (χ0n) is 10.9. The van der Waals surface area contributed by atoms with Crippen molar-refractivity contribution in [2.24, 2.45) is 0 Å². The van der Waals surface area contributed by atoms with Crippen LogP contribution < -0.4 is 10.1 Å². The van der Waals surface area contributed by atoms with E-state index in [1.54, 1.807) is 12.1 Å². The molecule has 0 spiro atoms. The summed E-state index contributed by atoms with van der Waals surface area (Å²) in [6.45, 7) is 2.00. The van der Waals surface area contributed by atoms with Crippen LogP contribution in [0.1, 0.15) is 23.7 Å². The maximum atomic E-state index is 12.2. The van der Waals surface area contributed by atoms with Gasteiger partial charge < -0.3 is 15.2 Å². The number of alkyl halides is 2. The summed E-state index contributed by atoms with van der Waals surface area (Å²) in [5.74, 6) is 0.115. The minimum Gasteiger partial charge on any atom is -0.507 e. The van der Waals surface area contributed by atoms with Crippen LogP contribution in [0.25, 0.3) is 0 Å². The molecule has 0 saturated heterocycles. The largest absolute Gasteiger partial charge is 0.507 e. The van der Waals surface area contributed by atoms with Gasteiger partial charge in [-0.15, -0.1) is 0 Å². The number of halogens is 2. The number of ether oxygens (including phenoxy) is 1. The number of benzene rings is 1. The van der Waals surface area contributed by atoms with E-state index < -0.39 is 0 Å². The van der Waals surface area contributed by atoms with Crippen LogP contribution in [0, 0.1) is 0 Å². The van der Waals surface area contributed by atoms with Gasteiger partial charge in [-0.3, -0.25) is 4.79 Å². The summed E-state index contributed by atoms with van der Waals surface area (Å²) >= 11 is 6.82. The molecule has 0 heterocycles. The van der Waals surface area contributed by atoms with Crippen molar-refractivity contribution in [1.29, 1.82) is 0 Å². The Kier molecular flexibility index (Phi) is 6.13. The quantitative estimate of drug-likeness (QED) is 0.729. The van der Waals surface area contributed by atoms with Crippen molar-refractivity contribution in [3.63, 3.8) is 0 Å². The number of carbonyl (C=O) groups is 1. The van der Waals surface area contributed by atoms with Gasteiger partial charge in [0.1, 0.15) is 11.5 Å². The Bertz CT molecular complexity index is 439. The summed E-state index contributed by atoms with van der Waals surface area (Å²) in [4.78, 5) is 12.2. The Balaban J connectivity index is 2.95. The van der Waals surface area contributed by atoms with Crippen molar-refractivity contribution in [3.8, 4) is 11.5 Å². The average molecular weight is 395 g/mol. The Morgan fingerprint density at radius 2 is 2.05 bits per heavy atom. The molecule has 0 saturated carbocycles. The van der Waals surface area contributed by atoms with Crippen molar-refractivity contribution >= 4 is 37.8 Å². The molecule has 0 aliphatic heterocycles. The third kappa shape index (κ3) is 3.86. The smallest absolute Gasteiger partial charge is 0.255 e. The van der Waals surface area contributed by atoms with E-state index in [2.05, 4.69) is 37.2 Å². The molecule has 0 bridgehead atoms. The molecule has 1 aromatic rings. The van der Waals surface area contributed by atoms with Crippen molar-refractivity contribution in [1.82, 2.24) is 5.32 Å². The van der Waals surface area contributed by atoms with Crippen molar-refractivity contribution in [3.05, 3.63) is 23.8 Å². The summed E-state index contributed by atoms with van der Waals surface area (Å²) in [7, 11) is 1.51. The lowest BCUT2D eigenvalue weighted by Gasteiger charge is -2.30. The Morgan fingerprint density at radius 1 is 1.42 bits per heavy atom. The van der Waals surface area contributed by atoms with Gasteiger partial charge in [-0.25, -0.2) is 0 Å². The van der Waals surface area contributed by atoms with Gasteiger partial charge in [-0.2, -0.15) is 0 Å². The van der Waals surface area contributed by atoms with Gasteiger partial charge in [0.15, 0.2) is 0 Å². The molecule has 1 rings (SSSR count). The van der Waals surface area contributed by atoms with Gasteiger partial charge in [-0.05, 0) is 18.6 Å². The highest BCUT2D eigenvalue weighted by Crippen LogP contribution is 2.25. The third-order valence-electron chi connectivity index (χ3n) is 3.02. The van der Waals surface area contributed by atoms with E-state index in [0.717, 1.165) is 6.42 Å². The first kappa shape index (κ1) is 16.3. The molecule has 106 valence electrons. The van der Waals surface area contributed by atoms with Crippen molar-refractivity contribution in [2.75, 3.05) is 17.8 Å². The zero-order chi connectivity index (χ0) is 14.5. The normalized spacial score (nSPS) is 11.2. The second kappa shape index (κ2) is 7.14. The molecule has 0 atom stereocenters. The predicted molar refractivity (Wildman–Crippen MR) is 82.7 cm³/mol. The average Bonchev–Trinajstić information content (AvgIpc) is 2.44. The fraction of sp³-hybridized carbons (Fsp3) is 0.462. The zero-order valence-corrected chi connectivity index (χ0v) is 14.0. The van der Waals surface area contributed by atoms with Crippen LogP contribution in [0.3, 0.4) is 0 Å². The number of amides is 1. The van der Waals surface area contributed by atoms with Crippen LogP contribution in [-0.2, 0) is 0 Å². The molecule has 0 fully saturated rings. The van der Waals surface area contributed by atoms with Gasteiger partial charge in [0.2, 0.25) is 0 Å². The fourth-order valence-corrected chi connectivity index (χ4v) is 3.52. The van der Waals surface area contributed by atoms with Crippen molar-refractivity contribution in [2.45, 2.75) is 18.9 Å². The van der Waals surface area contributed by atoms with Gasteiger partial charge in [0.25, 0.3) is 5.91 Å². The number of carbonyl (C=O) groups excluding carboxylic acids is 1. The molecule has 0 aliphatic rings. The molecule has 4 nitrogen and oxygen atoms in total. The van der Waals surface area contributed by atoms with E-state index >= 15 is 0 Å². The first-order valence-corrected chi connectivity index (χ1v) is 8.07. The monoisotopic (exact) mass is 393 g/mol. The number of aromatic hydroxyl groups is 1. The van der Waals surface area contributed by atoms with Crippen LogP contribution in [0.15, 0.2) is 18.2 Å². The van der Waals surface area contributed by atoms with Crippen LogP contribution in [0.5, 0.6) is 11.5 Å². The highest BCUT2D eigenvalue weighted by molar-refractivity contribution is 9.09. The molecule has 1 amide bonds. The summed E-state index contributed by atoms with van der Waals surface area (Å²) in [6.07, 6.45) is 0.770. The van der Waals surface area contributed by atoms with E-state index in [0.29, 0.717) is 16.4 Å². The first-order chi connectivity index (χ1) is 9.01. The number of hydrogen-bond acceptors (Lipinski definition) is 3. The van der Waals surface area contributed by atoms with E-state index in [1.807, 2.05) is 6.92 Å². The number of nitrogens with one attached hydrogen (secondary N) is 1. The fourth-order valence-electron chi connectivity index (χ4n) is 1.52. The van der Waals surface area contributed by atoms with Gasteiger partial charge in [0.05, 0.1) is 18.2 Å². The standard InChI is InChI=1S/C13H17Br2NO3/c1-3-13(7-14,8-15)16-12(18)10-5-4-9(19-2)6-11(10)17/h4-6,17H,3,7-8H2,1-2H3,(H,16,18). The molecule has 2 N–H and O–H groups in total. The third-order valence-corrected chi connectivity index (χ3v) is 5.16. The SMILES string of the molecule is CCC(CBr)(CBr)NC(=O)c1ccc(OC)cc1O. The topological polar surface area (TPSA) is 58.6 Å². The maximum absolute atomic E-state index is 12.2. The number of hydrogen-bond donors (Lipinski definition) is 2. The number of rotatable bonds is 6. The lowest BCUT2D eigenvalue weighted by Crippen LogP contribution is -2.51. The molecule has 0 unspecified atom stereocenters. The van der Waals surface area contributed by atoms with Crippen LogP contribution in [0.4, 0.5) is 0 Å². The first-order valence-electron chi connectivity index (χ1n) is 5.83. The predicted octanol–water partition coefficient (Wildman–Crippen LogP) is 3.07. The summed E-state index contributed by atoms with van der Waals surface area (Å²) in [5.41, 5.74) is -0.135. The second-order valence-corrected chi connectivity index (χ2v) is 5.36. The molecular formula is C13H17Br2NO3. The Hall–Kier alpha value is -0.750. The number of phenols is 1. The van der Waals surface area contributed by atoms with Crippen molar-refractivity contribution < 1.29 is 14.6 Å². The molecular weight excluding hydrogens is 378 g/mol. The van der Waals surface area contributed by atoms with E-state index in [1.165, 1.54) is 13.2 Å². The molecule has 1 aromatic carbocycles. The van der Waals surface area contributed by atoms with E-state index in [4.69, 9.17) is 4.74 Å². The van der Waals surface area contributed by atoms with Gasteiger partial charge in [0, 0.05) is 16.7 Å². The van der Waals surface area contributed by atoms with E-state index in [9.17, 15) is 9.90 Å². The van der Waals surface area contributed by atoms with Crippen LogP contribution in [0.2, 0.25) is 0 Å². The molecule has 0 radical (unpaired) electrons. The van der Waals surface area contributed by atoms with E-state index in [-0.39, 0.29) is 22.8 Å². The lowest BCUT2D eigenvalue weighted by molar-refractivity contribution is 0.0912. The molecule has 0 aromatic heterocycles. The highest BCUT2D eigenvalue weighted by atomic mass is 79.9. The minimum atomic E-state index is -0.372. The number of phenolic OH excluding ortho intramolecular Hbond substituents is 1. The van der Waals surface area contributed by atoms with Gasteiger partial charge in [-0.1, -0.05) is 38.8 Å². The van der Waals surface area contributed by atoms with Crippen LogP contribution in [-0.4, -0.2) is 34.3 Å². The van der Waals surface area contributed by atoms with Crippen LogP contribution >= 0.6 is 31.9 Å². The lowest BCUT2D eigenvalue weighted by atomic mass is 10.0. The maximum Gasteiger partial charge on any atom is 0.255 e. The summed E-state index contributed by atoms with van der Waals surface area (Å²) in [5, 5.41) is 14.0. The Labute approximate surface area is 129 Å². The molecule has 6 heteroatoms. The summed E-state index contributed by atoms with van der Waals surface area (Å²) < 4.78 is 4.99. The Morgan fingerprint density at radius 3 is 2.47 bits per heavy atom. The second-order valence-electron chi connectivity index (χ2n) is 4.24. The minimum absolute atomic E-state index is 0.0917. The highest BCUT2D eigenvalue weighted by Gasteiger charge is 2.28. The molecule has 0 aliphatic carbocycles.